The van der Waals surface area contributed by atoms with Gasteiger partial charge in [-0.05, 0) is 25.2 Å². The zero-order valence-corrected chi connectivity index (χ0v) is 14.4. The second-order valence-corrected chi connectivity index (χ2v) is 5.98. The highest BCUT2D eigenvalue weighted by Gasteiger charge is 2.66. The molecule has 4 N–H and O–H groups in total. The van der Waals surface area contributed by atoms with E-state index in [4.69, 9.17) is 0 Å². The Kier molecular flexibility index (Phi) is 5.47. The van der Waals surface area contributed by atoms with E-state index in [1.165, 1.54) is 6.92 Å². The first-order valence-electron chi connectivity index (χ1n) is 7.44. The van der Waals surface area contributed by atoms with Crippen LogP contribution in [0.5, 0.6) is 5.75 Å². The lowest BCUT2D eigenvalue weighted by molar-refractivity contribution is -0.385. The number of carbonyl (C=O) groups excluding carboxylic acids is 1. The SMILES string of the molecule is CCOC(=O)[C@@H]1[C@@H](c2cc([N+](=O)[O-])ccc2O)NC(=S)N[C@@]1(O)C(F)(F)F. The van der Waals surface area contributed by atoms with Gasteiger partial charge in [-0.25, -0.2) is 0 Å². The van der Waals surface area contributed by atoms with Crippen LogP contribution < -0.4 is 10.6 Å². The van der Waals surface area contributed by atoms with Gasteiger partial charge in [-0.3, -0.25) is 14.9 Å². The lowest BCUT2D eigenvalue weighted by Crippen LogP contribution is -2.73. The summed E-state index contributed by atoms with van der Waals surface area (Å²) in [4.78, 5) is 22.4. The van der Waals surface area contributed by atoms with Crippen LogP contribution >= 0.6 is 12.2 Å². The number of carbonyl (C=O) groups is 1. The molecule has 1 heterocycles. The van der Waals surface area contributed by atoms with Crippen LogP contribution in [0.1, 0.15) is 18.5 Å². The van der Waals surface area contributed by atoms with E-state index >= 15 is 0 Å². The number of esters is 1. The van der Waals surface area contributed by atoms with Crippen molar-refractivity contribution in [1.82, 2.24) is 10.6 Å². The first-order chi connectivity index (χ1) is 12.4. The number of benzene rings is 1. The number of hydrogen-bond donors (Lipinski definition) is 4. The fourth-order valence-corrected chi connectivity index (χ4v) is 2.98. The molecule has 9 nitrogen and oxygen atoms in total. The molecular formula is C14H14F3N3O6S. The number of thiocarbonyl (C=S) groups is 1. The molecule has 0 amide bonds. The van der Waals surface area contributed by atoms with Gasteiger partial charge < -0.3 is 25.6 Å². The molecule has 1 saturated heterocycles. The Morgan fingerprint density at radius 1 is 1.48 bits per heavy atom. The highest BCUT2D eigenvalue weighted by Crippen LogP contribution is 2.45. The van der Waals surface area contributed by atoms with Gasteiger partial charge >= 0.3 is 12.1 Å². The topological polar surface area (TPSA) is 134 Å². The summed E-state index contributed by atoms with van der Waals surface area (Å²) in [5.74, 6) is -4.45. The fraction of sp³-hybridized carbons (Fsp3) is 0.429. The summed E-state index contributed by atoms with van der Waals surface area (Å²) in [6, 6.07) is 0.830. The summed E-state index contributed by atoms with van der Waals surface area (Å²) in [5.41, 5.74) is -4.82. The highest BCUT2D eigenvalue weighted by molar-refractivity contribution is 7.80. The number of rotatable bonds is 4. The van der Waals surface area contributed by atoms with Crippen molar-refractivity contribution < 1.29 is 37.8 Å². The summed E-state index contributed by atoms with van der Waals surface area (Å²) in [7, 11) is 0. The minimum absolute atomic E-state index is 0.290. The maximum atomic E-state index is 13.6. The molecule has 1 aliphatic heterocycles. The Morgan fingerprint density at radius 2 is 2.11 bits per heavy atom. The van der Waals surface area contributed by atoms with Gasteiger partial charge in [0.15, 0.2) is 5.11 Å². The summed E-state index contributed by atoms with van der Waals surface area (Å²) in [6.07, 6.45) is -5.37. The van der Waals surface area contributed by atoms with Crippen molar-refractivity contribution in [2.24, 2.45) is 5.92 Å². The number of hydrogen-bond acceptors (Lipinski definition) is 7. The van der Waals surface area contributed by atoms with Crippen molar-refractivity contribution in [1.29, 1.82) is 0 Å². The van der Waals surface area contributed by atoms with Crippen LogP contribution in [0.3, 0.4) is 0 Å². The average molecular weight is 409 g/mol. The van der Waals surface area contributed by atoms with Gasteiger partial charge in [-0.2, -0.15) is 13.2 Å². The van der Waals surface area contributed by atoms with Gasteiger partial charge in [-0.15, -0.1) is 0 Å². The molecule has 0 saturated carbocycles. The number of aromatic hydroxyl groups is 1. The van der Waals surface area contributed by atoms with Crippen LogP contribution in [0, 0.1) is 16.0 Å². The van der Waals surface area contributed by atoms with E-state index in [1.54, 1.807) is 5.32 Å². The van der Waals surface area contributed by atoms with Crippen molar-refractivity contribution in [3.8, 4) is 5.75 Å². The molecule has 148 valence electrons. The molecule has 0 aliphatic carbocycles. The maximum absolute atomic E-state index is 13.6. The number of alkyl halides is 3. The van der Waals surface area contributed by atoms with Crippen LogP contribution in [-0.2, 0) is 9.53 Å². The van der Waals surface area contributed by atoms with E-state index in [2.05, 4.69) is 22.3 Å². The molecule has 0 radical (unpaired) electrons. The smallest absolute Gasteiger partial charge is 0.437 e. The summed E-state index contributed by atoms with van der Waals surface area (Å²) >= 11 is 4.68. The fourth-order valence-electron chi connectivity index (χ4n) is 2.70. The van der Waals surface area contributed by atoms with Crippen LogP contribution in [-0.4, -0.2) is 44.7 Å². The number of nitro groups is 1. The molecule has 2 rings (SSSR count). The Bertz CT molecular complexity index is 790. The average Bonchev–Trinajstić information content (AvgIpc) is 2.53. The highest BCUT2D eigenvalue weighted by atomic mass is 32.1. The number of phenolic OH excluding ortho intramolecular Hbond substituents is 1. The predicted octanol–water partition coefficient (Wildman–Crippen LogP) is 1.25. The Labute approximate surface area is 155 Å². The van der Waals surface area contributed by atoms with Gasteiger partial charge in [-0.1, -0.05) is 0 Å². The number of aliphatic hydroxyl groups is 1. The number of nitrogens with zero attached hydrogens (tertiary/aromatic N) is 1. The minimum Gasteiger partial charge on any atom is -0.508 e. The summed E-state index contributed by atoms with van der Waals surface area (Å²) in [6.45, 7) is 1.06. The Balaban J connectivity index is 2.68. The maximum Gasteiger partial charge on any atom is 0.437 e. The standard InChI is InChI=1S/C14H14F3N3O6S/c1-2-26-11(22)9-10(7-5-6(20(24)25)3-4-8(7)21)18-12(27)19-13(9,23)14(15,16)17/h3-5,9-10,21,23H,2H2,1H3,(H2,18,19,27)/t9-,10+,13-/m0/s1. The minimum atomic E-state index is -5.37. The Morgan fingerprint density at radius 3 is 2.63 bits per heavy atom. The second kappa shape index (κ2) is 7.15. The second-order valence-electron chi connectivity index (χ2n) is 5.57. The van der Waals surface area contributed by atoms with E-state index < -0.39 is 56.9 Å². The lowest BCUT2D eigenvalue weighted by atomic mass is 9.81. The Hall–Kier alpha value is -2.67. The third-order valence-corrected chi connectivity index (χ3v) is 4.12. The van der Waals surface area contributed by atoms with Crippen LogP contribution in [0.4, 0.5) is 18.9 Å². The van der Waals surface area contributed by atoms with Crippen molar-refractivity contribution >= 4 is 29.0 Å². The molecule has 0 bridgehead atoms. The van der Waals surface area contributed by atoms with E-state index in [0.717, 1.165) is 18.2 Å². The quantitative estimate of drug-likeness (QED) is 0.251. The first kappa shape index (κ1) is 20.6. The molecule has 1 fully saturated rings. The monoisotopic (exact) mass is 409 g/mol. The van der Waals surface area contributed by atoms with E-state index in [-0.39, 0.29) is 6.61 Å². The summed E-state index contributed by atoms with van der Waals surface area (Å²) < 4.78 is 45.3. The number of non-ortho nitro benzene ring substituents is 1. The van der Waals surface area contributed by atoms with Crippen LogP contribution in [0.15, 0.2) is 18.2 Å². The normalized spacial score (nSPS) is 25.3. The number of halogens is 3. The van der Waals surface area contributed by atoms with Gasteiger partial charge in [0.2, 0.25) is 0 Å². The molecule has 27 heavy (non-hydrogen) atoms. The van der Waals surface area contributed by atoms with Crippen LogP contribution in [0.25, 0.3) is 0 Å². The predicted molar refractivity (Wildman–Crippen MR) is 87.5 cm³/mol. The molecule has 0 spiro atoms. The molecule has 0 unspecified atom stereocenters. The van der Waals surface area contributed by atoms with Crippen molar-refractivity contribution in [3.63, 3.8) is 0 Å². The van der Waals surface area contributed by atoms with Gasteiger partial charge in [0.25, 0.3) is 11.4 Å². The third-order valence-electron chi connectivity index (χ3n) is 3.90. The van der Waals surface area contributed by atoms with Crippen molar-refractivity contribution in [3.05, 3.63) is 33.9 Å². The van der Waals surface area contributed by atoms with E-state index in [0.29, 0.717) is 0 Å². The number of phenols is 1. The summed E-state index contributed by atoms with van der Waals surface area (Å²) in [5, 5.41) is 34.5. The molecular weight excluding hydrogens is 395 g/mol. The zero-order valence-electron chi connectivity index (χ0n) is 13.6. The lowest BCUT2D eigenvalue weighted by Gasteiger charge is -2.45. The van der Waals surface area contributed by atoms with Crippen molar-refractivity contribution in [2.75, 3.05) is 6.61 Å². The first-order valence-corrected chi connectivity index (χ1v) is 7.85. The van der Waals surface area contributed by atoms with Gasteiger partial charge in [0.1, 0.15) is 11.7 Å². The molecule has 1 aromatic carbocycles. The number of nitro benzene ring substituents is 1. The largest absolute Gasteiger partial charge is 0.508 e. The molecule has 3 atom stereocenters. The van der Waals surface area contributed by atoms with Gasteiger partial charge in [0, 0.05) is 17.7 Å². The molecule has 13 heteroatoms. The van der Waals surface area contributed by atoms with E-state index in [1.807, 2.05) is 0 Å². The van der Waals surface area contributed by atoms with Crippen molar-refractivity contribution in [2.45, 2.75) is 24.9 Å². The third kappa shape index (κ3) is 3.73. The number of nitrogens with one attached hydrogen (secondary N) is 2. The van der Waals surface area contributed by atoms with Crippen LogP contribution in [0.2, 0.25) is 0 Å². The van der Waals surface area contributed by atoms with E-state index in [9.17, 15) is 38.3 Å². The van der Waals surface area contributed by atoms with Gasteiger partial charge in [0.05, 0.1) is 17.6 Å². The zero-order chi connectivity index (χ0) is 20.6. The molecule has 1 aromatic rings. The molecule has 0 aromatic heterocycles. The number of ether oxygens (including phenoxy) is 1. The molecule has 1 aliphatic rings.